The maximum Gasteiger partial charge on any atom is 0.0720 e. The van der Waals surface area contributed by atoms with Gasteiger partial charge in [-0.3, -0.25) is 4.90 Å². The van der Waals surface area contributed by atoms with E-state index in [1.165, 1.54) is 63.6 Å². The van der Waals surface area contributed by atoms with Crippen LogP contribution in [0.15, 0.2) is 30.3 Å². The molecule has 4 rings (SSSR count). The maximum absolute atomic E-state index is 6.29. The van der Waals surface area contributed by atoms with Gasteiger partial charge in [0.25, 0.3) is 0 Å². The minimum absolute atomic E-state index is 0.475. The fourth-order valence-corrected chi connectivity index (χ4v) is 5.53. The lowest BCUT2D eigenvalue weighted by Gasteiger charge is -2.57. The minimum atomic E-state index is 0.475. The lowest BCUT2D eigenvalue weighted by molar-refractivity contribution is -0.108. The molecule has 0 radical (unpaired) electrons. The molecule has 0 spiro atoms. The van der Waals surface area contributed by atoms with Gasteiger partial charge in [0, 0.05) is 6.04 Å². The average Bonchev–Trinajstić information content (AvgIpc) is 2.61. The molecule has 2 nitrogen and oxygen atoms in total. The summed E-state index contributed by atoms with van der Waals surface area (Å²) in [5, 5.41) is 0. The van der Waals surface area contributed by atoms with Crippen LogP contribution in [0.5, 0.6) is 0 Å². The average molecular weight is 313 g/mol. The second kappa shape index (κ2) is 6.57. The molecule has 0 unspecified atom stereocenters. The van der Waals surface area contributed by atoms with Gasteiger partial charge in [-0.15, -0.1) is 0 Å². The highest BCUT2D eigenvalue weighted by Gasteiger charge is 2.50. The summed E-state index contributed by atoms with van der Waals surface area (Å²) in [6, 6.07) is 11.5. The van der Waals surface area contributed by atoms with E-state index >= 15 is 0 Å². The molecule has 0 amide bonds. The topological polar surface area (TPSA) is 12.5 Å². The second-order valence-corrected chi connectivity index (χ2v) is 8.23. The van der Waals surface area contributed by atoms with Gasteiger partial charge in [0.1, 0.15) is 0 Å². The quantitative estimate of drug-likeness (QED) is 0.806. The molecule has 23 heavy (non-hydrogen) atoms. The Morgan fingerprint density at radius 1 is 1.09 bits per heavy atom. The van der Waals surface area contributed by atoms with Crippen molar-refractivity contribution in [2.24, 2.45) is 11.3 Å². The maximum atomic E-state index is 6.29. The van der Waals surface area contributed by atoms with Crippen molar-refractivity contribution in [2.75, 3.05) is 13.1 Å². The molecule has 1 aromatic carbocycles. The van der Waals surface area contributed by atoms with Crippen molar-refractivity contribution in [2.45, 2.75) is 70.6 Å². The Kier molecular flexibility index (Phi) is 4.47. The Balaban J connectivity index is 1.38. The van der Waals surface area contributed by atoms with Crippen molar-refractivity contribution < 1.29 is 4.74 Å². The second-order valence-electron chi connectivity index (χ2n) is 8.23. The molecule has 3 aliphatic rings. The van der Waals surface area contributed by atoms with Crippen molar-refractivity contribution in [1.82, 2.24) is 4.90 Å². The number of fused-ring (bicyclic) bond motifs is 3. The van der Waals surface area contributed by atoms with Crippen LogP contribution in [0.2, 0.25) is 0 Å². The summed E-state index contributed by atoms with van der Waals surface area (Å²) in [6.07, 6.45) is 10.1. The van der Waals surface area contributed by atoms with Gasteiger partial charge in [0.2, 0.25) is 0 Å². The predicted octanol–water partition coefficient (Wildman–Crippen LogP) is 4.64. The summed E-state index contributed by atoms with van der Waals surface area (Å²) < 4.78 is 6.29. The Morgan fingerprint density at radius 3 is 2.83 bits per heavy atom. The molecule has 3 fully saturated rings. The molecule has 2 saturated heterocycles. The molecule has 1 saturated carbocycles. The van der Waals surface area contributed by atoms with Gasteiger partial charge in [-0.1, -0.05) is 43.7 Å². The van der Waals surface area contributed by atoms with E-state index in [1.807, 2.05) is 0 Å². The van der Waals surface area contributed by atoms with Crippen LogP contribution in [0, 0.1) is 11.3 Å². The van der Waals surface area contributed by atoms with Gasteiger partial charge in [0.05, 0.1) is 12.7 Å². The molecule has 2 aliphatic heterocycles. The Hall–Kier alpha value is -0.860. The van der Waals surface area contributed by atoms with Crippen molar-refractivity contribution in [3.63, 3.8) is 0 Å². The number of nitrogens with zero attached hydrogens (tertiary/aromatic N) is 1. The Bertz CT molecular complexity index is 516. The first-order valence-corrected chi connectivity index (χ1v) is 9.65. The number of piperidine rings is 2. The zero-order chi connectivity index (χ0) is 15.7. The van der Waals surface area contributed by atoms with Gasteiger partial charge in [0.15, 0.2) is 0 Å². The largest absolute Gasteiger partial charge is 0.374 e. The summed E-state index contributed by atoms with van der Waals surface area (Å²) in [6.45, 7) is 6.05. The Labute approximate surface area is 141 Å². The number of ether oxygens (including phenoxy) is 1. The fourth-order valence-electron chi connectivity index (χ4n) is 5.53. The molecular weight excluding hydrogens is 282 g/mol. The molecule has 0 aromatic heterocycles. The van der Waals surface area contributed by atoms with Crippen LogP contribution in [-0.2, 0) is 11.3 Å². The van der Waals surface area contributed by atoms with Crippen LogP contribution in [0.3, 0.4) is 0 Å². The van der Waals surface area contributed by atoms with E-state index in [-0.39, 0.29) is 0 Å². The third-order valence-corrected chi connectivity index (χ3v) is 6.95. The highest BCUT2D eigenvalue weighted by atomic mass is 16.5. The van der Waals surface area contributed by atoms with Crippen LogP contribution >= 0.6 is 0 Å². The highest BCUT2D eigenvalue weighted by Crippen LogP contribution is 2.52. The lowest BCUT2D eigenvalue weighted by Crippen LogP contribution is -2.59. The summed E-state index contributed by atoms with van der Waals surface area (Å²) in [5.74, 6) is 0.872. The van der Waals surface area contributed by atoms with Crippen molar-refractivity contribution in [1.29, 1.82) is 0 Å². The van der Waals surface area contributed by atoms with E-state index in [9.17, 15) is 0 Å². The van der Waals surface area contributed by atoms with Crippen LogP contribution in [0.4, 0.5) is 0 Å². The summed E-state index contributed by atoms with van der Waals surface area (Å²) in [5.41, 5.74) is 1.86. The molecule has 126 valence electrons. The number of hydrogen-bond donors (Lipinski definition) is 0. The van der Waals surface area contributed by atoms with Crippen molar-refractivity contribution in [3.8, 4) is 0 Å². The molecule has 1 aromatic rings. The number of hydrogen-bond acceptors (Lipinski definition) is 2. The van der Waals surface area contributed by atoms with Gasteiger partial charge in [-0.25, -0.2) is 0 Å². The zero-order valence-corrected chi connectivity index (χ0v) is 14.5. The number of rotatable bonds is 3. The first-order valence-electron chi connectivity index (χ1n) is 9.65. The first kappa shape index (κ1) is 15.7. The molecule has 2 heteroatoms. The normalized spacial score (nSPS) is 37.9. The zero-order valence-electron chi connectivity index (χ0n) is 14.5. The van der Waals surface area contributed by atoms with Crippen LogP contribution < -0.4 is 0 Å². The molecule has 0 N–H and O–H groups in total. The van der Waals surface area contributed by atoms with Gasteiger partial charge >= 0.3 is 0 Å². The predicted molar refractivity (Wildman–Crippen MR) is 94.3 cm³/mol. The van der Waals surface area contributed by atoms with Crippen LogP contribution in [0.1, 0.15) is 57.4 Å². The highest BCUT2D eigenvalue weighted by molar-refractivity contribution is 5.13. The van der Waals surface area contributed by atoms with E-state index in [0.29, 0.717) is 11.5 Å². The van der Waals surface area contributed by atoms with Crippen LogP contribution in [0.25, 0.3) is 0 Å². The molecule has 0 bridgehead atoms. The van der Waals surface area contributed by atoms with E-state index in [0.717, 1.165) is 18.6 Å². The smallest absolute Gasteiger partial charge is 0.0720 e. The number of benzene rings is 1. The van der Waals surface area contributed by atoms with E-state index < -0.39 is 0 Å². The summed E-state index contributed by atoms with van der Waals surface area (Å²) >= 11 is 0. The van der Waals surface area contributed by atoms with Gasteiger partial charge in [-0.05, 0) is 68.5 Å². The van der Waals surface area contributed by atoms with E-state index in [2.05, 4.69) is 42.2 Å². The third-order valence-electron chi connectivity index (χ3n) is 6.95. The van der Waals surface area contributed by atoms with Crippen LogP contribution in [-0.4, -0.2) is 30.1 Å². The SMILES string of the molecule is C[C@]12CC[C@H](OCc3ccccc3)C[C@@H]1CCN1CCCC[C@@H]12. The standard InChI is InChI=1S/C21H31NO/c1-21-12-10-19(23-16-17-7-3-2-4-8-17)15-18(21)11-14-22-13-6-5-9-20(21)22/h2-4,7-8,18-20H,5-6,9-16H2,1H3/t18-,19-,20+,21-/m0/s1. The van der Waals surface area contributed by atoms with Gasteiger partial charge in [-0.2, -0.15) is 0 Å². The van der Waals surface area contributed by atoms with Gasteiger partial charge < -0.3 is 4.74 Å². The first-order chi connectivity index (χ1) is 11.3. The van der Waals surface area contributed by atoms with Crippen molar-refractivity contribution >= 4 is 0 Å². The molecule has 2 heterocycles. The molecule has 1 aliphatic carbocycles. The van der Waals surface area contributed by atoms with E-state index in [4.69, 9.17) is 4.74 Å². The monoisotopic (exact) mass is 313 g/mol. The lowest BCUT2D eigenvalue weighted by atomic mass is 9.58. The van der Waals surface area contributed by atoms with E-state index in [1.54, 1.807) is 0 Å². The minimum Gasteiger partial charge on any atom is -0.374 e. The Morgan fingerprint density at radius 2 is 1.96 bits per heavy atom. The van der Waals surface area contributed by atoms with Crippen molar-refractivity contribution in [3.05, 3.63) is 35.9 Å². The third kappa shape index (κ3) is 3.08. The molecule has 4 atom stereocenters. The summed E-state index contributed by atoms with van der Waals surface area (Å²) in [4.78, 5) is 2.81. The fraction of sp³-hybridized carbons (Fsp3) is 0.714. The molecular formula is C21H31NO. The summed E-state index contributed by atoms with van der Waals surface area (Å²) in [7, 11) is 0.